The predicted molar refractivity (Wildman–Crippen MR) is 75.6 cm³/mol. The number of halogens is 2. The molecule has 0 saturated carbocycles. The summed E-state index contributed by atoms with van der Waals surface area (Å²) in [5, 5.41) is 5.05. The van der Waals surface area contributed by atoms with Crippen LogP contribution in [0.15, 0.2) is 28.7 Å². The molecule has 0 N–H and O–H groups in total. The fraction of sp³-hybridized carbons (Fsp3) is 0.308. The van der Waals surface area contributed by atoms with Crippen LogP contribution in [0, 0.1) is 6.92 Å². The van der Waals surface area contributed by atoms with Gasteiger partial charge >= 0.3 is 0 Å². The van der Waals surface area contributed by atoms with Crippen LogP contribution in [0.2, 0.25) is 5.02 Å². The average Bonchev–Trinajstić information content (AvgIpc) is 2.56. The molecule has 0 aliphatic heterocycles. The summed E-state index contributed by atoms with van der Waals surface area (Å²) in [6.07, 6.45) is 0. The van der Waals surface area contributed by atoms with Gasteiger partial charge in [-0.3, -0.25) is 4.68 Å². The van der Waals surface area contributed by atoms with E-state index in [0.717, 1.165) is 26.4 Å². The van der Waals surface area contributed by atoms with Crippen molar-refractivity contribution >= 4 is 27.5 Å². The van der Waals surface area contributed by atoms with Crippen LogP contribution < -0.4 is 0 Å². The van der Waals surface area contributed by atoms with Crippen LogP contribution in [0.4, 0.5) is 0 Å². The third-order valence-corrected chi connectivity index (χ3v) is 3.92. The van der Waals surface area contributed by atoms with E-state index >= 15 is 0 Å². The molecule has 0 atom stereocenters. The zero-order valence-electron chi connectivity index (χ0n) is 10.3. The molecule has 1 heterocycles. The highest BCUT2D eigenvalue weighted by atomic mass is 79.9. The Hall–Kier alpha value is -0.840. The lowest BCUT2D eigenvalue weighted by Gasteiger charge is -2.06. The van der Waals surface area contributed by atoms with E-state index in [4.69, 9.17) is 16.3 Å². The number of aryl methyl sites for hydroxylation is 2. The Kier molecular flexibility index (Phi) is 4.43. The summed E-state index contributed by atoms with van der Waals surface area (Å²) in [4.78, 5) is 0. The van der Waals surface area contributed by atoms with Crippen LogP contribution in [0.1, 0.15) is 17.0 Å². The van der Waals surface area contributed by atoms with Crippen LogP contribution in [0.25, 0.3) is 0 Å². The van der Waals surface area contributed by atoms with Crippen molar-refractivity contribution in [1.82, 2.24) is 9.78 Å². The molecule has 0 unspecified atom stereocenters. The SMILES string of the molecule is Cc1nn(C)c(COCc2cccc(Cl)c2)c1Br. The van der Waals surface area contributed by atoms with Crippen molar-refractivity contribution in [2.75, 3.05) is 0 Å². The minimum absolute atomic E-state index is 0.518. The number of ether oxygens (including phenoxy) is 1. The number of aromatic nitrogens is 2. The molecular formula is C13H14BrClN2O. The molecule has 5 heteroatoms. The minimum atomic E-state index is 0.518. The van der Waals surface area contributed by atoms with E-state index < -0.39 is 0 Å². The molecule has 0 bridgehead atoms. The smallest absolute Gasteiger partial charge is 0.0900 e. The van der Waals surface area contributed by atoms with E-state index in [2.05, 4.69) is 21.0 Å². The summed E-state index contributed by atoms with van der Waals surface area (Å²) >= 11 is 9.43. The van der Waals surface area contributed by atoms with Crippen LogP contribution >= 0.6 is 27.5 Å². The molecule has 18 heavy (non-hydrogen) atoms. The number of hydrogen-bond donors (Lipinski definition) is 0. The van der Waals surface area contributed by atoms with Crippen LogP contribution in [-0.4, -0.2) is 9.78 Å². The molecule has 0 aliphatic rings. The first-order valence-electron chi connectivity index (χ1n) is 5.58. The fourth-order valence-electron chi connectivity index (χ4n) is 1.73. The van der Waals surface area contributed by atoms with Crippen molar-refractivity contribution in [3.8, 4) is 0 Å². The van der Waals surface area contributed by atoms with Gasteiger partial charge in [-0.05, 0) is 40.5 Å². The highest BCUT2D eigenvalue weighted by molar-refractivity contribution is 9.10. The number of rotatable bonds is 4. The van der Waals surface area contributed by atoms with Crippen molar-refractivity contribution in [3.05, 3.63) is 50.7 Å². The lowest BCUT2D eigenvalue weighted by molar-refractivity contribution is 0.102. The molecule has 0 amide bonds. The molecular weight excluding hydrogens is 316 g/mol. The van der Waals surface area contributed by atoms with Gasteiger partial charge in [0.05, 0.1) is 29.1 Å². The van der Waals surface area contributed by atoms with Gasteiger partial charge in [0, 0.05) is 12.1 Å². The minimum Gasteiger partial charge on any atom is -0.370 e. The Morgan fingerprint density at radius 2 is 2.17 bits per heavy atom. The Labute approximate surface area is 120 Å². The quantitative estimate of drug-likeness (QED) is 0.851. The number of hydrogen-bond acceptors (Lipinski definition) is 2. The average molecular weight is 330 g/mol. The van der Waals surface area contributed by atoms with E-state index in [-0.39, 0.29) is 0 Å². The van der Waals surface area contributed by atoms with E-state index in [0.29, 0.717) is 13.2 Å². The lowest BCUT2D eigenvalue weighted by Crippen LogP contribution is -2.02. The molecule has 96 valence electrons. The van der Waals surface area contributed by atoms with Crippen molar-refractivity contribution in [3.63, 3.8) is 0 Å². The number of nitrogens with zero attached hydrogens (tertiary/aromatic N) is 2. The summed E-state index contributed by atoms with van der Waals surface area (Å²) in [6, 6.07) is 7.68. The standard InChI is InChI=1S/C13H14BrClN2O/c1-9-13(14)12(17(2)16-9)8-18-7-10-4-3-5-11(15)6-10/h3-6H,7-8H2,1-2H3. The maximum Gasteiger partial charge on any atom is 0.0900 e. The summed E-state index contributed by atoms with van der Waals surface area (Å²) in [5.74, 6) is 0. The molecule has 1 aromatic carbocycles. The van der Waals surface area contributed by atoms with Gasteiger partial charge in [0.25, 0.3) is 0 Å². The number of benzene rings is 1. The van der Waals surface area contributed by atoms with Gasteiger partial charge in [0.15, 0.2) is 0 Å². The van der Waals surface area contributed by atoms with E-state index in [1.807, 2.05) is 42.9 Å². The van der Waals surface area contributed by atoms with Crippen LogP contribution in [0.5, 0.6) is 0 Å². The van der Waals surface area contributed by atoms with Gasteiger partial charge < -0.3 is 4.74 Å². The second-order valence-corrected chi connectivity index (χ2v) is 5.32. The molecule has 3 nitrogen and oxygen atoms in total. The lowest BCUT2D eigenvalue weighted by atomic mass is 10.2. The summed E-state index contributed by atoms with van der Waals surface area (Å²) in [7, 11) is 1.91. The molecule has 2 aromatic rings. The van der Waals surface area contributed by atoms with E-state index in [1.165, 1.54) is 0 Å². The molecule has 0 saturated heterocycles. The second-order valence-electron chi connectivity index (χ2n) is 4.09. The second kappa shape index (κ2) is 5.87. The summed E-state index contributed by atoms with van der Waals surface area (Å²) < 4.78 is 8.53. The maximum absolute atomic E-state index is 5.92. The molecule has 0 spiro atoms. The first-order valence-corrected chi connectivity index (χ1v) is 6.75. The third-order valence-electron chi connectivity index (χ3n) is 2.66. The highest BCUT2D eigenvalue weighted by Crippen LogP contribution is 2.21. The Morgan fingerprint density at radius 1 is 1.39 bits per heavy atom. The fourth-order valence-corrected chi connectivity index (χ4v) is 2.39. The molecule has 2 rings (SSSR count). The predicted octanol–water partition coefficient (Wildman–Crippen LogP) is 3.86. The molecule has 0 radical (unpaired) electrons. The van der Waals surface area contributed by atoms with Crippen LogP contribution in [-0.2, 0) is 25.0 Å². The summed E-state index contributed by atoms with van der Waals surface area (Å²) in [6.45, 7) is 3.02. The highest BCUT2D eigenvalue weighted by Gasteiger charge is 2.10. The first kappa shape index (κ1) is 13.6. The zero-order chi connectivity index (χ0) is 13.1. The van der Waals surface area contributed by atoms with Gasteiger partial charge in [0.2, 0.25) is 0 Å². The van der Waals surface area contributed by atoms with Gasteiger partial charge in [0.1, 0.15) is 0 Å². The van der Waals surface area contributed by atoms with Gasteiger partial charge in [-0.1, -0.05) is 23.7 Å². The van der Waals surface area contributed by atoms with Crippen molar-refractivity contribution in [2.45, 2.75) is 20.1 Å². The van der Waals surface area contributed by atoms with Gasteiger partial charge in [-0.15, -0.1) is 0 Å². The van der Waals surface area contributed by atoms with Crippen molar-refractivity contribution < 1.29 is 4.74 Å². The summed E-state index contributed by atoms with van der Waals surface area (Å²) in [5.41, 5.74) is 3.07. The van der Waals surface area contributed by atoms with Crippen molar-refractivity contribution in [1.29, 1.82) is 0 Å². The molecule has 0 aliphatic carbocycles. The Morgan fingerprint density at radius 3 is 2.78 bits per heavy atom. The first-order chi connectivity index (χ1) is 8.58. The Bertz CT molecular complexity index is 554. The van der Waals surface area contributed by atoms with E-state index in [1.54, 1.807) is 0 Å². The largest absolute Gasteiger partial charge is 0.370 e. The topological polar surface area (TPSA) is 27.1 Å². The van der Waals surface area contributed by atoms with Gasteiger partial charge in [-0.2, -0.15) is 5.10 Å². The monoisotopic (exact) mass is 328 g/mol. The van der Waals surface area contributed by atoms with Crippen molar-refractivity contribution in [2.24, 2.45) is 7.05 Å². The molecule has 1 aromatic heterocycles. The normalized spacial score (nSPS) is 10.9. The molecule has 0 fully saturated rings. The van der Waals surface area contributed by atoms with Crippen LogP contribution in [0.3, 0.4) is 0 Å². The van der Waals surface area contributed by atoms with Gasteiger partial charge in [-0.25, -0.2) is 0 Å². The third kappa shape index (κ3) is 3.13. The zero-order valence-corrected chi connectivity index (χ0v) is 12.6. The maximum atomic E-state index is 5.92. The van der Waals surface area contributed by atoms with E-state index in [9.17, 15) is 0 Å². The Balaban J connectivity index is 1.96.